The molecule has 2 atom stereocenters. The van der Waals surface area contributed by atoms with E-state index in [2.05, 4.69) is 17.4 Å². The van der Waals surface area contributed by atoms with Crippen molar-refractivity contribution >= 4 is 5.69 Å². The summed E-state index contributed by atoms with van der Waals surface area (Å²) >= 11 is 0. The zero-order chi connectivity index (χ0) is 11.6. The number of benzene rings is 1. The maximum absolute atomic E-state index is 10.5. The zero-order valence-corrected chi connectivity index (χ0v) is 9.86. The molecule has 0 fully saturated rings. The molecule has 3 nitrogen and oxygen atoms in total. The second kappa shape index (κ2) is 4.44. The summed E-state index contributed by atoms with van der Waals surface area (Å²) in [7, 11) is 1.63. The average Bonchev–Trinajstić information content (AvgIpc) is 2.73. The van der Waals surface area contributed by atoms with Crippen LogP contribution in [0.2, 0.25) is 0 Å². The highest BCUT2D eigenvalue weighted by molar-refractivity contribution is 5.57. The molecule has 0 saturated heterocycles. The van der Waals surface area contributed by atoms with Gasteiger partial charge in [-0.1, -0.05) is 25.1 Å². The Morgan fingerprint density at radius 2 is 2.25 bits per heavy atom. The van der Waals surface area contributed by atoms with Crippen molar-refractivity contribution in [2.24, 2.45) is 0 Å². The van der Waals surface area contributed by atoms with Gasteiger partial charge in [0.2, 0.25) is 0 Å². The van der Waals surface area contributed by atoms with E-state index in [0.717, 1.165) is 12.1 Å². The molecule has 1 aromatic rings. The molecule has 0 unspecified atom stereocenters. The van der Waals surface area contributed by atoms with Crippen molar-refractivity contribution < 1.29 is 9.84 Å². The van der Waals surface area contributed by atoms with Crippen LogP contribution in [0.4, 0.5) is 5.69 Å². The van der Waals surface area contributed by atoms with Gasteiger partial charge in [0.15, 0.2) is 0 Å². The quantitative estimate of drug-likeness (QED) is 0.814. The van der Waals surface area contributed by atoms with E-state index in [-0.39, 0.29) is 6.04 Å². The number of methoxy groups -OCH3 is 1. The number of ether oxygens (including phenoxy) is 1. The van der Waals surface area contributed by atoms with Crippen molar-refractivity contribution in [2.75, 3.05) is 19.0 Å². The predicted octanol–water partition coefficient (Wildman–Crippen LogP) is 1.81. The Morgan fingerprint density at radius 3 is 2.88 bits per heavy atom. The third kappa shape index (κ3) is 1.93. The second-order valence-electron chi connectivity index (χ2n) is 4.45. The molecule has 2 rings (SSSR count). The number of hydrogen-bond donors (Lipinski definition) is 2. The molecule has 0 saturated carbocycles. The highest BCUT2D eigenvalue weighted by Gasteiger charge is 2.38. The smallest absolute Gasteiger partial charge is 0.108 e. The van der Waals surface area contributed by atoms with Gasteiger partial charge in [-0.15, -0.1) is 0 Å². The fourth-order valence-electron chi connectivity index (χ4n) is 2.32. The maximum atomic E-state index is 10.5. The van der Waals surface area contributed by atoms with Crippen LogP contribution in [0.25, 0.3) is 0 Å². The SMILES string of the molecule is CC[C@@](O)(COC)[C@H]1Cc2ccccc2N1. The second-order valence-corrected chi connectivity index (χ2v) is 4.45. The molecule has 0 aromatic heterocycles. The van der Waals surface area contributed by atoms with Gasteiger partial charge in [0.1, 0.15) is 5.60 Å². The summed E-state index contributed by atoms with van der Waals surface area (Å²) in [6, 6.07) is 8.25. The third-order valence-electron chi connectivity index (χ3n) is 3.43. The number of para-hydroxylation sites is 1. The first-order chi connectivity index (χ1) is 7.69. The van der Waals surface area contributed by atoms with Crippen molar-refractivity contribution in [3.05, 3.63) is 29.8 Å². The molecule has 0 bridgehead atoms. The van der Waals surface area contributed by atoms with Crippen molar-refractivity contribution in [1.82, 2.24) is 0 Å². The molecule has 3 heteroatoms. The number of anilines is 1. The average molecular weight is 221 g/mol. The monoisotopic (exact) mass is 221 g/mol. The molecule has 2 N–H and O–H groups in total. The van der Waals surface area contributed by atoms with E-state index < -0.39 is 5.60 Å². The van der Waals surface area contributed by atoms with E-state index >= 15 is 0 Å². The van der Waals surface area contributed by atoms with Crippen LogP contribution in [-0.4, -0.2) is 30.5 Å². The van der Waals surface area contributed by atoms with Gasteiger partial charge >= 0.3 is 0 Å². The number of hydrogen-bond acceptors (Lipinski definition) is 3. The largest absolute Gasteiger partial charge is 0.385 e. The van der Waals surface area contributed by atoms with E-state index in [4.69, 9.17) is 4.74 Å². The van der Waals surface area contributed by atoms with Crippen molar-refractivity contribution in [3.8, 4) is 0 Å². The zero-order valence-electron chi connectivity index (χ0n) is 9.86. The lowest BCUT2D eigenvalue weighted by Gasteiger charge is -2.32. The molecule has 1 heterocycles. The molecule has 0 radical (unpaired) electrons. The Balaban J connectivity index is 2.15. The van der Waals surface area contributed by atoms with Crippen LogP contribution in [0, 0.1) is 0 Å². The Kier molecular flexibility index (Phi) is 3.17. The Hall–Kier alpha value is -1.06. The summed E-state index contributed by atoms with van der Waals surface area (Å²) in [5.74, 6) is 0. The molecule has 1 aliphatic heterocycles. The lowest BCUT2D eigenvalue weighted by atomic mass is 9.90. The molecule has 88 valence electrons. The van der Waals surface area contributed by atoms with Crippen LogP contribution >= 0.6 is 0 Å². The molecular weight excluding hydrogens is 202 g/mol. The van der Waals surface area contributed by atoms with Gasteiger partial charge in [-0.25, -0.2) is 0 Å². The summed E-state index contributed by atoms with van der Waals surface area (Å²) in [5, 5.41) is 13.9. The van der Waals surface area contributed by atoms with Crippen LogP contribution in [0.1, 0.15) is 18.9 Å². The van der Waals surface area contributed by atoms with Gasteiger partial charge in [0.05, 0.1) is 12.6 Å². The van der Waals surface area contributed by atoms with Crippen LogP contribution < -0.4 is 5.32 Å². The van der Waals surface area contributed by atoms with Crippen molar-refractivity contribution in [3.63, 3.8) is 0 Å². The highest BCUT2D eigenvalue weighted by Crippen LogP contribution is 2.32. The third-order valence-corrected chi connectivity index (χ3v) is 3.43. The van der Waals surface area contributed by atoms with Gasteiger partial charge in [0.25, 0.3) is 0 Å². The highest BCUT2D eigenvalue weighted by atomic mass is 16.5. The molecule has 1 aromatic carbocycles. The molecular formula is C13H19NO2. The standard InChI is InChI=1S/C13H19NO2/c1-3-13(15,9-16-2)12-8-10-6-4-5-7-11(10)14-12/h4-7,12,14-15H,3,8-9H2,1-2H3/t12-,13-/m1/s1. The molecule has 0 amide bonds. The fourth-order valence-corrected chi connectivity index (χ4v) is 2.32. The summed E-state index contributed by atoms with van der Waals surface area (Å²) in [4.78, 5) is 0. The number of nitrogens with one attached hydrogen (secondary N) is 1. The summed E-state index contributed by atoms with van der Waals surface area (Å²) < 4.78 is 5.12. The van der Waals surface area contributed by atoms with Crippen molar-refractivity contribution in [2.45, 2.75) is 31.4 Å². The Labute approximate surface area is 96.4 Å². The van der Waals surface area contributed by atoms with Gasteiger partial charge in [0, 0.05) is 12.8 Å². The van der Waals surface area contributed by atoms with Crippen LogP contribution in [-0.2, 0) is 11.2 Å². The van der Waals surface area contributed by atoms with Crippen LogP contribution in [0.3, 0.4) is 0 Å². The molecule has 0 spiro atoms. The maximum Gasteiger partial charge on any atom is 0.108 e. The fraction of sp³-hybridized carbons (Fsp3) is 0.538. The first-order valence-electron chi connectivity index (χ1n) is 5.75. The summed E-state index contributed by atoms with van der Waals surface area (Å²) in [6.07, 6.45) is 1.55. The first-order valence-corrected chi connectivity index (χ1v) is 5.75. The topological polar surface area (TPSA) is 41.5 Å². The van der Waals surface area contributed by atoms with E-state index in [1.807, 2.05) is 19.1 Å². The van der Waals surface area contributed by atoms with Gasteiger partial charge < -0.3 is 15.2 Å². The van der Waals surface area contributed by atoms with Gasteiger partial charge in [-0.3, -0.25) is 0 Å². The normalized spacial score (nSPS) is 22.3. The van der Waals surface area contributed by atoms with E-state index in [1.165, 1.54) is 5.56 Å². The molecule has 16 heavy (non-hydrogen) atoms. The summed E-state index contributed by atoms with van der Waals surface area (Å²) in [6.45, 7) is 2.36. The van der Waals surface area contributed by atoms with Crippen molar-refractivity contribution in [1.29, 1.82) is 0 Å². The van der Waals surface area contributed by atoms with E-state index in [0.29, 0.717) is 13.0 Å². The lowest BCUT2D eigenvalue weighted by molar-refractivity contribution is -0.0458. The minimum atomic E-state index is -0.784. The molecule has 1 aliphatic rings. The Morgan fingerprint density at radius 1 is 1.50 bits per heavy atom. The first kappa shape index (κ1) is 11.4. The number of rotatable bonds is 4. The minimum absolute atomic E-state index is 0.0508. The van der Waals surface area contributed by atoms with E-state index in [9.17, 15) is 5.11 Å². The predicted molar refractivity (Wildman–Crippen MR) is 64.7 cm³/mol. The minimum Gasteiger partial charge on any atom is -0.385 e. The molecule has 0 aliphatic carbocycles. The van der Waals surface area contributed by atoms with Gasteiger partial charge in [-0.05, 0) is 24.5 Å². The number of fused-ring (bicyclic) bond motifs is 1. The Bertz CT molecular complexity index is 342. The van der Waals surface area contributed by atoms with Crippen LogP contribution in [0.5, 0.6) is 0 Å². The van der Waals surface area contributed by atoms with Gasteiger partial charge in [-0.2, -0.15) is 0 Å². The lowest BCUT2D eigenvalue weighted by Crippen LogP contribution is -2.49. The summed E-state index contributed by atoms with van der Waals surface area (Å²) in [5.41, 5.74) is 1.62. The van der Waals surface area contributed by atoms with E-state index in [1.54, 1.807) is 7.11 Å². The number of aliphatic hydroxyl groups is 1. The van der Waals surface area contributed by atoms with Crippen LogP contribution in [0.15, 0.2) is 24.3 Å².